The smallest absolute Gasteiger partial charge is 0.264 e. The van der Waals surface area contributed by atoms with E-state index in [1.807, 2.05) is 19.1 Å². The van der Waals surface area contributed by atoms with Gasteiger partial charge in [-0.1, -0.05) is 60.1 Å². The van der Waals surface area contributed by atoms with E-state index in [9.17, 15) is 18.4 Å². The maximum absolute atomic E-state index is 14.1. The van der Waals surface area contributed by atoms with Gasteiger partial charge in [0.2, 0.25) is 0 Å². The van der Waals surface area contributed by atoms with E-state index in [4.69, 9.17) is 17.0 Å². The summed E-state index contributed by atoms with van der Waals surface area (Å²) in [6.07, 6.45) is 0. The molecule has 6 nitrogen and oxygen atoms in total. The summed E-state index contributed by atoms with van der Waals surface area (Å²) in [5.74, 6) is -1.81. The molecule has 1 saturated heterocycles. The van der Waals surface area contributed by atoms with Gasteiger partial charge in [-0.05, 0) is 77.7 Å². The maximum atomic E-state index is 14.1. The van der Waals surface area contributed by atoms with Crippen LogP contribution in [0.15, 0.2) is 97.1 Å². The van der Waals surface area contributed by atoms with Gasteiger partial charge in [-0.25, -0.2) is 8.78 Å². The predicted molar refractivity (Wildman–Crippen MR) is 153 cm³/mol. The summed E-state index contributed by atoms with van der Waals surface area (Å²) < 4.78 is 27.5. The van der Waals surface area contributed by atoms with Crippen molar-refractivity contribution in [1.82, 2.24) is 15.1 Å². The molecule has 4 aromatic rings. The fourth-order valence-electron chi connectivity index (χ4n) is 5.04. The second-order valence-corrected chi connectivity index (χ2v) is 10.4. The molecule has 1 aliphatic rings. The average Bonchev–Trinajstić information content (AvgIpc) is 3.23. The molecule has 2 amide bonds. The van der Waals surface area contributed by atoms with Crippen molar-refractivity contribution in [2.45, 2.75) is 25.0 Å². The number of nitrogens with one attached hydrogen (secondary N) is 2. The van der Waals surface area contributed by atoms with Crippen LogP contribution in [0.4, 0.5) is 8.78 Å². The van der Waals surface area contributed by atoms with Crippen LogP contribution in [0, 0.1) is 17.0 Å². The number of nitrogens with zero attached hydrogens (tertiary/aromatic N) is 2. The lowest BCUT2D eigenvalue weighted by Crippen LogP contribution is -2.45. The second kappa shape index (κ2) is 11.1. The van der Waals surface area contributed by atoms with Gasteiger partial charge in [0.1, 0.15) is 11.6 Å². The van der Waals surface area contributed by atoms with Crippen molar-refractivity contribution in [3.63, 3.8) is 0 Å². The summed E-state index contributed by atoms with van der Waals surface area (Å²) >= 11 is 6.00. The van der Waals surface area contributed by atoms with Crippen LogP contribution in [-0.4, -0.2) is 34.6 Å². The molecule has 0 aromatic heterocycles. The maximum Gasteiger partial charge on any atom is 0.264 e. The minimum absolute atomic E-state index is 0.00633. The molecule has 5 rings (SSSR count). The Morgan fingerprint density at radius 2 is 1.51 bits per heavy atom. The zero-order valence-electron chi connectivity index (χ0n) is 22.4. The molecule has 0 aliphatic carbocycles. The van der Waals surface area contributed by atoms with Gasteiger partial charge < -0.3 is 10.2 Å². The Labute approximate surface area is 241 Å². The number of carbonyl (C=O) groups is 2. The highest BCUT2D eigenvalue weighted by Gasteiger charge is 2.52. The molecule has 0 radical (unpaired) electrons. The standard InChI is InChI=1S/C32H27ClF2N4O2/c1-20(22-6-12-26(33)13-7-22)38(2)29(40)23-5-3-4-21(18-23)19-39-30(41)32(37-31(39)36,24-8-14-27(34)15-9-24)25-10-16-28(35)17-11-25/h3-18,20H,19H2,1-2H3,(H2,36,37)/t20-/m1/s1. The van der Waals surface area contributed by atoms with Crippen LogP contribution in [0.25, 0.3) is 0 Å². The van der Waals surface area contributed by atoms with Crippen LogP contribution in [-0.2, 0) is 16.9 Å². The predicted octanol–water partition coefficient (Wildman–Crippen LogP) is 6.26. The minimum Gasteiger partial charge on any atom is -0.335 e. The molecule has 9 heteroatoms. The SMILES string of the molecule is C[C@H](c1ccc(Cl)cc1)N(C)C(=O)c1cccc(CN2C(=N)NC(c3ccc(F)cc3)(c3ccc(F)cc3)C2=O)c1. The number of guanidine groups is 1. The summed E-state index contributed by atoms with van der Waals surface area (Å²) in [4.78, 5) is 30.3. The Morgan fingerprint density at radius 3 is 2.07 bits per heavy atom. The second-order valence-electron chi connectivity index (χ2n) is 9.97. The molecule has 2 N–H and O–H groups in total. The Morgan fingerprint density at radius 1 is 0.951 bits per heavy atom. The molecular weight excluding hydrogens is 546 g/mol. The Hall–Kier alpha value is -4.56. The molecule has 0 bridgehead atoms. The van der Waals surface area contributed by atoms with Crippen LogP contribution < -0.4 is 5.32 Å². The van der Waals surface area contributed by atoms with Crippen molar-refractivity contribution in [3.05, 3.63) is 142 Å². The third-order valence-corrected chi connectivity index (χ3v) is 7.72. The number of halogens is 3. The van der Waals surface area contributed by atoms with Crippen molar-refractivity contribution in [1.29, 1.82) is 5.41 Å². The van der Waals surface area contributed by atoms with Crippen molar-refractivity contribution >= 4 is 29.4 Å². The van der Waals surface area contributed by atoms with Gasteiger partial charge >= 0.3 is 0 Å². The summed E-state index contributed by atoms with van der Waals surface area (Å²) in [6.45, 7) is 1.93. The van der Waals surface area contributed by atoms with Gasteiger partial charge in [0.15, 0.2) is 11.5 Å². The van der Waals surface area contributed by atoms with Crippen LogP contribution >= 0.6 is 11.6 Å². The highest BCUT2D eigenvalue weighted by atomic mass is 35.5. The van der Waals surface area contributed by atoms with Crippen LogP contribution in [0.2, 0.25) is 5.02 Å². The molecule has 1 heterocycles. The van der Waals surface area contributed by atoms with E-state index in [0.717, 1.165) is 5.56 Å². The van der Waals surface area contributed by atoms with Crippen molar-refractivity contribution < 1.29 is 18.4 Å². The number of amides is 2. The first-order chi connectivity index (χ1) is 19.6. The van der Waals surface area contributed by atoms with E-state index in [1.54, 1.807) is 48.3 Å². The molecule has 41 heavy (non-hydrogen) atoms. The fourth-order valence-corrected chi connectivity index (χ4v) is 5.17. The quantitative estimate of drug-likeness (QED) is 0.274. The molecule has 0 spiro atoms. The number of benzene rings is 4. The first-order valence-electron chi connectivity index (χ1n) is 12.9. The molecule has 1 atom stereocenters. The number of hydrogen-bond donors (Lipinski definition) is 2. The molecule has 1 aliphatic heterocycles. The normalized spacial score (nSPS) is 15.0. The summed E-state index contributed by atoms with van der Waals surface area (Å²) in [6, 6.07) is 24.8. The van der Waals surface area contributed by atoms with Crippen molar-refractivity contribution in [3.8, 4) is 0 Å². The zero-order valence-corrected chi connectivity index (χ0v) is 23.1. The van der Waals surface area contributed by atoms with E-state index in [1.165, 1.54) is 53.4 Å². The molecule has 0 saturated carbocycles. The topological polar surface area (TPSA) is 76.5 Å². The molecule has 208 valence electrons. The number of hydrogen-bond acceptors (Lipinski definition) is 3. The largest absolute Gasteiger partial charge is 0.335 e. The van der Waals surface area contributed by atoms with Crippen LogP contribution in [0.5, 0.6) is 0 Å². The Bertz CT molecular complexity index is 1560. The van der Waals surface area contributed by atoms with Crippen LogP contribution in [0.3, 0.4) is 0 Å². The average molecular weight is 573 g/mol. The lowest BCUT2D eigenvalue weighted by Gasteiger charge is -2.28. The molecular formula is C32H27ClF2N4O2. The Balaban J connectivity index is 1.42. The first kappa shape index (κ1) is 28.0. The number of rotatable bonds is 7. The van der Waals surface area contributed by atoms with E-state index in [0.29, 0.717) is 27.3 Å². The molecule has 1 fully saturated rings. The van der Waals surface area contributed by atoms with Gasteiger partial charge in [-0.3, -0.25) is 19.9 Å². The third-order valence-electron chi connectivity index (χ3n) is 7.46. The van der Waals surface area contributed by atoms with Crippen molar-refractivity contribution in [2.75, 3.05) is 7.05 Å². The monoisotopic (exact) mass is 572 g/mol. The van der Waals surface area contributed by atoms with Crippen LogP contribution in [0.1, 0.15) is 45.6 Å². The van der Waals surface area contributed by atoms with Crippen molar-refractivity contribution in [2.24, 2.45) is 0 Å². The summed E-state index contributed by atoms with van der Waals surface area (Å²) in [5.41, 5.74) is 1.26. The van der Waals surface area contributed by atoms with Gasteiger partial charge in [-0.2, -0.15) is 0 Å². The Kier molecular flexibility index (Phi) is 7.60. The van der Waals surface area contributed by atoms with E-state index in [2.05, 4.69) is 5.32 Å². The zero-order chi connectivity index (χ0) is 29.3. The third kappa shape index (κ3) is 5.30. The van der Waals surface area contributed by atoms with E-state index in [-0.39, 0.29) is 24.5 Å². The lowest BCUT2D eigenvalue weighted by atomic mass is 9.82. The van der Waals surface area contributed by atoms with E-state index >= 15 is 0 Å². The number of carbonyl (C=O) groups excluding carboxylic acids is 2. The van der Waals surface area contributed by atoms with Gasteiger partial charge in [0.05, 0.1) is 12.6 Å². The van der Waals surface area contributed by atoms with Gasteiger partial charge in [0, 0.05) is 17.6 Å². The molecule has 0 unspecified atom stereocenters. The lowest BCUT2D eigenvalue weighted by molar-refractivity contribution is -0.130. The van der Waals surface area contributed by atoms with Gasteiger partial charge in [-0.15, -0.1) is 0 Å². The summed E-state index contributed by atoms with van der Waals surface area (Å²) in [5, 5.41) is 12.3. The van der Waals surface area contributed by atoms with Gasteiger partial charge in [0.25, 0.3) is 11.8 Å². The highest BCUT2D eigenvalue weighted by Crippen LogP contribution is 2.37. The first-order valence-corrected chi connectivity index (χ1v) is 13.3. The molecule has 4 aromatic carbocycles. The fraction of sp³-hybridized carbons (Fsp3) is 0.156. The van der Waals surface area contributed by atoms with E-state index < -0.39 is 23.1 Å². The highest BCUT2D eigenvalue weighted by molar-refractivity contribution is 6.30. The minimum atomic E-state index is -1.56. The summed E-state index contributed by atoms with van der Waals surface area (Å²) in [7, 11) is 1.72.